The molecule has 1 heterocycles. The van der Waals surface area contributed by atoms with Gasteiger partial charge in [-0.05, 0) is 47.2 Å². The van der Waals surface area contributed by atoms with E-state index < -0.39 is 9.84 Å². The first-order valence-corrected chi connectivity index (χ1v) is 12.0. The molecule has 1 fully saturated rings. The van der Waals surface area contributed by atoms with Crippen LogP contribution in [0.15, 0.2) is 54.6 Å². The standard InChI is InChI=1S/C24H29NO4S/c1-18(2)21-9-4-20(5-10-21)16-25(22-14-15-30(27,28)17-22)24(26)13-8-19-6-11-23(29-3)12-7-19/h4-13,18,22H,14-17H2,1-3H3/b13-8+. The summed E-state index contributed by atoms with van der Waals surface area (Å²) in [5.41, 5.74) is 3.11. The van der Waals surface area contributed by atoms with Crippen LogP contribution in [0, 0.1) is 0 Å². The number of methoxy groups -OCH3 is 1. The first-order chi connectivity index (χ1) is 14.3. The van der Waals surface area contributed by atoms with Gasteiger partial charge in [-0.1, -0.05) is 50.2 Å². The van der Waals surface area contributed by atoms with E-state index in [0.29, 0.717) is 18.9 Å². The fourth-order valence-corrected chi connectivity index (χ4v) is 5.32. The van der Waals surface area contributed by atoms with Crippen molar-refractivity contribution in [3.8, 4) is 5.75 Å². The highest BCUT2D eigenvalue weighted by Gasteiger charge is 2.34. The third-order valence-corrected chi connectivity index (χ3v) is 7.22. The third-order valence-electron chi connectivity index (χ3n) is 5.47. The van der Waals surface area contributed by atoms with Gasteiger partial charge in [0.05, 0.1) is 18.6 Å². The van der Waals surface area contributed by atoms with Crippen LogP contribution in [0.25, 0.3) is 6.08 Å². The summed E-state index contributed by atoms with van der Waals surface area (Å²) in [7, 11) is -1.48. The van der Waals surface area contributed by atoms with Gasteiger partial charge in [0, 0.05) is 18.7 Å². The summed E-state index contributed by atoms with van der Waals surface area (Å²) in [6.07, 6.45) is 3.75. The number of amides is 1. The zero-order valence-corrected chi connectivity index (χ0v) is 18.6. The van der Waals surface area contributed by atoms with E-state index in [1.54, 1.807) is 18.1 Å². The molecular weight excluding hydrogens is 398 g/mol. The van der Waals surface area contributed by atoms with Crippen molar-refractivity contribution in [2.75, 3.05) is 18.6 Å². The molecule has 0 saturated carbocycles. The van der Waals surface area contributed by atoms with Crippen molar-refractivity contribution in [1.82, 2.24) is 4.90 Å². The minimum atomic E-state index is -3.09. The van der Waals surface area contributed by atoms with E-state index in [-0.39, 0.29) is 23.5 Å². The van der Waals surface area contributed by atoms with Crippen LogP contribution in [0.3, 0.4) is 0 Å². The van der Waals surface area contributed by atoms with Gasteiger partial charge in [-0.2, -0.15) is 0 Å². The first kappa shape index (κ1) is 22.1. The molecule has 0 aliphatic carbocycles. The number of rotatable bonds is 7. The van der Waals surface area contributed by atoms with Gasteiger partial charge < -0.3 is 9.64 Å². The molecule has 1 aliphatic rings. The number of ether oxygens (including phenoxy) is 1. The number of sulfone groups is 1. The molecule has 1 aliphatic heterocycles. The van der Waals surface area contributed by atoms with Crippen molar-refractivity contribution in [2.45, 2.75) is 38.8 Å². The summed E-state index contributed by atoms with van der Waals surface area (Å²) in [6.45, 7) is 4.67. The third kappa shape index (κ3) is 5.72. The zero-order chi connectivity index (χ0) is 21.7. The van der Waals surface area contributed by atoms with Crippen molar-refractivity contribution in [3.05, 3.63) is 71.3 Å². The Kier molecular flexibility index (Phi) is 6.98. The smallest absolute Gasteiger partial charge is 0.247 e. The highest BCUT2D eigenvalue weighted by molar-refractivity contribution is 7.91. The Bertz CT molecular complexity index is 993. The monoisotopic (exact) mass is 427 g/mol. The second kappa shape index (κ2) is 9.47. The van der Waals surface area contributed by atoms with Crippen LogP contribution in [0.2, 0.25) is 0 Å². The quantitative estimate of drug-likeness (QED) is 0.626. The molecule has 30 heavy (non-hydrogen) atoms. The second-order valence-corrected chi connectivity index (χ2v) is 10.3. The van der Waals surface area contributed by atoms with E-state index in [9.17, 15) is 13.2 Å². The molecule has 1 atom stereocenters. The van der Waals surface area contributed by atoms with Gasteiger partial charge in [-0.15, -0.1) is 0 Å². The van der Waals surface area contributed by atoms with Crippen LogP contribution in [0.5, 0.6) is 5.75 Å². The average Bonchev–Trinajstić information content (AvgIpc) is 3.10. The molecule has 1 amide bonds. The highest BCUT2D eigenvalue weighted by atomic mass is 32.2. The van der Waals surface area contributed by atoms with Gasteiger partial charge in [-0.25, -0.2) is 8.42 Å². The van der Waals surface area contributed by atoms with Gasteiger partial charge in [-0.3, -0.25) is 4.79 Å². The number of carbonyl (C=O) groups is 1. The first-order valence-electron chi connectivity index (χ1n) is 10.2. The van der Waals surface area contributed by atoms with Gasteiger partial charge in [0.15, 0.2) is 9.84 Å². The molecule has 160 valence electrons. The molecule has 5 nitrogen and oxygen atoms in total. The summed E-state index contributed by atoms with van der Waals surface area (Å²) in [5, 5.41) is 0. The summed E-state index contributed by atoms with van der Waals surface area (Å²) in [6, 6.07) is 15.3. The van der Waals surface area contributed by atoms with Crippen molar-refractivity contribution < 1.29 is 17.9 Å². The maximum Gasteiger partial charge on any atom is 0.247 e. The molecule has 3 rings (SSSR count). The van der Waals surface area contributed by atoms with Crippen LogP contribution in [-0.4, -0.2) is 43.9 Å². The lowest BCUT2D eigenvalue weighted by Crippen LogP contribution is -2.39. The number of benzene rings is 2. The van der Waals surface area contributed by atoms with E-state index in [2.05, 4.69) is 26.0 Å². The Hall–Kier alpha value is -2.60. The molecule has 1 unspecified atom stereocenters. The molecule has 0 N–H and O–H groups in total. The summed E-state index contributed by atoms with van der Waals surface area (Å²) < 4.78 is 29.2. The lowest BCUT2D eigenvalue weighted by molar-refractivity contribution is -0.128. The topological polar surface area (TPSA) is 63.7 Å². The van der Waals surface area contributed by atoms with Crippen LogP contribution in [0.1, 0.15) is 42.9 Å². The lowest BCUT2D eigenvalue weighted by atomic mass is 10.0. The Balaban J connectivity index is 1.79. The van der Waals surface area contributed by atoms with E-state index in [0.717, 1.165) is 16.9 Å². The Morgan fingerprint density at radius 3 is 2.33 bits per heavy atom. The number of carbonyl (C=O) groups excluding carboxylic acids is 1. The maximum atomic E-state index is 13.0. The van der Waals surface area contributed by atoms with Gasteiger partial charge in [0.25, 0.3) is 0 Å². The van der Waals surface area contributed by atoms with Crippen LogP contribution in [0.4, 0.5) is 0 Å². The number of hydrogen-bond donors (Lipinski definition) is 0. The molecule has 0 bridgehead atoms. The predicted molar refractivity (Wildman–Crippen MR) is 120 cm³/mol. The minimum absolute atomic E-state index is 0.0270. The molecular formula is C24H29NO4S. The Labute approximate surface area is 179 Å². The average molecular weight is 428 g/mol. The fourth-order valence-electron chi connectivity index (χ4n) is 3.59. The summed E-state index contributed by atoms with van der Waals surface area (Å²) in [4.78, 5) is 14.7. The van der Waals surface area contributed by atoms with Crippen LogP contribution in [-0.2, 0) is 21.2 Å². The fraction of sp³-hybridized carbons (Fsp3) is 0.375. The number of nitrogens with zero attached hydrogens (tertiary/aromatic N) is 1. The zero-order valence-electron chi connectivity index (χ0n) is 17.7. The molecule has 0 spiro atoms. The lowest BCUT2D eigenvalue weighted by Gasteiger charge is -2.27. The Morgan fingerprint density at radius 2 is 1.80 bits per heavy atom. The van der Waals surface area contributed by atoms with Crippen LogP contribution >= 0.6 is 0 Å². The molecule has 6 heteroatoms. The summed E-state index contributed by atoms with van der Waals surface area (Å²) >= 11 is 0. The van der Waals surface area contributed by atoms with Crippen molar-refractivity contribution in [1.29, 1.82) is 0 Å². The number of hydrogen-bond acceptors (Lipinski definition) is 4. The van der Waals surface area contributed by atoms with Crippen molar-refractivity contribution >= 4 is 21.8 Å². The normalized spacial score (nSPS) is 18.1. The molecule has 2 aromatic carbocycles. The maximum absolute atomic E-state index is 13.0. The highest BCUT2D eigenvalue weighted by Crippen LogP contribution is 2.22. The van der Waals surface area contributed by atoms with Gasteiger partial charge >= 0.3 is 0 Å². The van der Waals surface area contributed by atoms with E-state index in [4.69, 9.17) is 4.74 Å². The molecule has 1 saturated heterocycles. The molecule has 0 radical (unpaired) electrons. The van der Waals surface area contributed by atoms with E-state index in [1.807, 2.05) is 36.4 Å². The van der Waals surface area contributed by atoms with Crippen LogP contribution < -0.4 is 4.74 Å². The van der Waals surface area contributed by atoms with Crippen molar-refractivity contribution in [2.24, 2.45) is 0 Å². The molecule has 2 aromatic rings. The van der Waals surface area contributed by atoms with Gasteiger partial charge in [0.1, 0.15) is 5.75 Å². The second-order valence-electron chi connectivity index (χ2n) is 8.03. The summed E-state index contributed by atoms with van der Waals surface area (Å²) in [5.74, 6) is 1.17. The Morgan fingerprint density at radius 1 is 1.13 bits per heavy atom. The molecule has 0 aromatic heterocycles. The van der Waals surface area contributed by atoms with E-state index >= 15 is 0 Å². The van der Waals surface area contributed by atoms with Crippen molar-refractivity contribution in [3.63, 3.8) is 0 Å². The SMILES string of the molecule is COc1ccc(/C=C/C(=O)N(Cc2ccc(C(C)C)cc2)C2CCS(=O)(=O)C2)cc1. The van der Waals surface area contributed by atoms with Gasteiger partial charge in [0.2, 0.25) is 5.91 Å². The minimum Gasteiger partial charge on any atom is -0.497 e. The predicted octanol–water partition coefficient (Wildman–Crippen LogP) is 4.05. The van der Waals surface area contributed by atoms with E-state index in [1.165, 1.54) is 11.6 Å². The largest absolute Gasteiger partial charge is 0.497 e.